The van der Waals surface area contributed by atoms with Crippen LogP contribution in [0.25, 0.3) is 10.8 Å². The second-order valence-electron chi connectivity index (χ2n) is 5.42. The van der Waals surface area contributed by atoms with Crippen LogP contribution in [0.2, 0.25) is 0 Å². The monoisotopic (exact) mass is 304 g/mol. The molecule has 21 heavy (non-hydrogen) atoms. The average Bonchev–Trinajstić information content (AvgIpc) is 3.23. The number of carbonyl (C=O) groups excluding carboxylic acids is 1. The number of amides is 1. The third-order valence-corrected chi connectivity index (χ3v) is 5.06. The number of carbonyl (C=O) groups is 1. The van der Waals surface area contributed by atoms with E-state index in [1.165, 1.54) is 11.3 Å². The smallest absolute Gasteiger partial charge is 0.273 e. The molecule has 2 fully saturated rings. The second kappa shape index (κ2) is 5.27. The minimum absolute atomic E-state index is 0.0178. The lowest BCUT2D eigenvalue weighted by Crippen LogP contribution is -2.51. The number of fused-ring (bicyclic) bond motifs is 1. The summed E-state index contributed by atoms with van der Waals surface area (Å²) in [6.07, 6.45) is 5.05. The summed E-state index contributed by atoms with van der Waals surface area (Å²) < 4.78 is 11.1. The Hall–Kier alpha value is -1.66. The molecule has 110 valence electrons. The maximum absolute atomic E-state index is 12.7. The van der Waals surface area contributed by atoms with Gasteiger partial charge in [0.1, 0.15) is 5.69 Å². The van der Waals surface area contributed by atoms with Gasteiger partial charge in [0.2, 0.25) is 0 Å². The molecule has 3 heterocycles. The Balaban J connectivity index is 1.57. The first-order valence-electron chi connectivity index (χ1n) is 7.25. The minimum atomic E-state index is 0.0178. The molecule has 2 atom stereocenters. The largest absolute Gasteiger partial charge is 0.462 e. The molecule has 1 aliphatic heterocycles. The number of aromatic nitrogens is 1. The maximum atomic E-state index is 12.7. The van der Waals surface area contributed by atoms with Crippen LogP contribution >= 0.6 is 11.3 Å². The molecule has 0 unspecified atom stereocenters. The normalized spacial score (nSPS) is 25.0. The van der Waals surface area contributed by atoms with Gasteiger partial charge in [-0.05, 0) is 31.4 Å². The van der Waals surface area contributed by atoms with Crippen LogP contribution in [0, 0.1) is 0 Å². The average molecular weight is 304 g/mol. The van der Waals surface area contributed by atoms with Crippen molar-refractivity contribution in [1.29, 1.82) is 0 Å². The van der Waals surface area contributed by atoms with Gasteiger partial charge in [-0.15, -0.1) is 11.3 Å². The predicted octanol–water partition coefficient (Wildman–Crippen LogP) is 2.80. The fourth-order valence-corrected chi connectivity index (χ4v) is 3.97. The number of morpholine rings is 1. The number of furan rings is 1. The molecular weight excluding hydrogens is 288 g/mol. The molecule has 0 N–H and O–H groups in total. The highest BCUT2D eigenvalue weighted by molar-refractivity contribution is 7.13. The minimum Gasteiger partial charge on any atom is -0.462 e. The molecule has 1 aliphatic carbocycles. The van der Waals surface area contributed by atoms with Crippen molar-refractivity contribution < 1.29 is 13.9 Å². The van der Waals surface area contributed by atoms with Crippen molar-refractivity contribution >= 4 is 17.2 Å². The van der Waals surface area contributed by atoms with Gasteiger partial charge >= 0.3 is 0 Å². The molecule has 1 amide bonds. The standard InChI is InChI=1S/C15H16N2O3S/c18-15(17-6-8-20-12-4-1-3-11(12)17)10-9-21-14(16-10)13-5-2-7-19-13/h2,5,7,9,11-12H,1,3-4,6,8H2/t11-,12+/m1/s1. The molecule has 0 spiro atoms. The summed E-state index contributed by atoms with van der Waals surface area (Å²) in [5, 5.41) is 2.57. The van der Waals surface area contributed by atoms with Crippen molar-refractivity contribution in [2.75, 3.05) is 13.2 Å². The van der Waals surface area contributed by atoms with E-state index in [2.05, 4.69) is 4.98 Å². The molecule has 6 heteroatoms. The van der Waals surface area contributed by atoms with Crippen LogP contribution in [-0.2, 0) is 4.74 Å². The van der Waals surface area contributed by atoms with E-state index in [0.29, 0.717) is 24.6 Å². The van der Waals surface area contributed by atoms with E-state index < -0.39 is 0 Å². The molecule has 1 saturated carbocycles. The van der Waals surface area contributed by atoms with Crippen LogP contribution in [-0.4, -0.2) is 41.1 Å². The number of hydrogen-bond donors (Lipinski definition) is 0. The summed E-state index contributed by atoms with van der Waals surface area (Å²) in [7, 11) is 0. The summed E-state index contributed by atoms with van der Waals surface area (Å²) in [5.74, 6) is 0.726. The lowest BCUT2D eigenvalue weighted by molar-refractivity contribution is -0.0447. The number of nitrogens with zero attached hydrogens (tertiary/aromatic N) is 2. The summed E-state index contributed by atoms with van der Waals surface area (Å²) in [5.41, 5.74) is 0.513. The van der Waals surface area contributed by atoms with Gasteiger partial charge in [0.15, 0.2) is 10.8 Å². The first kappa shape index (κ1) is 13.0. The molecule has 0 aromatic carbocycles. The Morgan fingerprint density at radius 2 is 2.38 bits per heavy atom. The van der Waals surface area contributed by atoms with Gasteiger partial charge < -0.3 is 14.1 Å². The van der Waals surface area contributed by atoms with Crippen LogP contribution in [0.1, 0.15) is 29.8 Å². The topological polar surface area (TPSA) is 55.6 Å². The van der Waals surface area contributed by atoms with Gasteiger partial charge in [-0.2, -0.15) is 0 Å². The van der Waals surface area contributed by atoms with Gasteiger partial charge in [0.05, 0.1) is 25.0 Å². The fourth-order valence-electron chi connectivity index (χ4n) is 3.21. The summed E-state index contributed by atoms with van der Waals surface area (Å²) in [4.78, 5) is 19.1. The fraction of sp³-hybridized carbons (Fsp3) is 0.467. The molecule has 1 saturated heterocycles. The Bertz CT molecular complexity index is 637. The number of thiazole rings is 1. The van der Waals surface area contributed by atoms with E-state index in [-0.39, 0.29) is 18.1 Å². The zero-order valence-corrected chi connectivity index (χ0v) is 12.3. The number of hydrogen-bond acceptors (Lipinski definition) is 5. The second-order valence-corrected chi connectivity index (χ2v) is 6.28. The van der Waals surface area contributed by atoms with Crippen molar-refractivity contribution in [3.05, 3.63) is 29.5 Å². The van der Waals surface area contributed by atoms with Crippen LogP contribution in [0.4, 0.5) is 0 Å². The SMILES string of the molecule is O=C(c1csc(-c2ccco2)n1)N1CCO[C@H]2CCC[C@H]21. The highest BCUT2D eigenvalue weighted by Crippen LogP contribution is 2.31. The molecule has 4 rings (SSSR count). The summed E-state index contributed by atoms with van der Waals surface area (Å²) in [6, 6.07) is 3.90. The molecular formula is C15H16N2O3S. The number of rotatable bonds is 2. The summed E-state index contributed by atoms with van der Waals surface area (Å²) in [6.45, 7) is 1.29. The predicted molar refractivity (Wildman–Crippen MR) is 78.2 cm³/mol. The molecule has 2 aromatic rings. The Labute approximate surface area is 126 Å². The molecule has 5 nitrogen and oxygen atoms in total. The Kier molecular flexibility index (Phi) is 3.27. The van der Waals surface area contributed by atoms with E-state index in [4.69, 9.17) is 9.15 Å². The van der Waals surface area contributed by atoms with Crippen molar-refractivity contribution in [3.8, 4) is 10.8 Å². The van der Waals surface area contributed by atoms with Crippen molar-refractivity contribution in [3.63, 3.8) is 0 Å². The zero-order valence-electron chi connectivity index (χ0n) is 11.5. The zero-order chi connectivity index (χ0) is 14.2. The van der Waals surface area contributed by atoms with E-state index in [1.54, 1.807) is 6.26 Å². The van der Waals surface area contributed by atoms with Gasteiger partial charge in [0, 0.05) is 11.9 Å². The van der Waals surface area contributed by atoms with Crippen molar-refractivity contribution in [2.24, 2.45) is 0 Å². The lowest BCUT2D eigenvalue weighted by Gasteiger charge is -2.37. The third kappa shape index (κ3) is 2.28. The van der Waals surface area contributed by atoms with Gasteiger partial charge in [-0.1, -0.05) is 0 Å². The summed E-state index contributed by atoms with van der Waals surface area (Å²) >= 11 is 1.44. The number of ether oxygens (including phenoxy) is 1. The Morgan fingerprint density at radius 1 is 1.43 bits per heavy atom. The van der Waals surface area contributed by atoms with E-state index in [0.717, 1.165) is 24.3 Å². The third-order valence-electron chi connectivity index (χ3n) is 4.20. The molecule has 2 aromatic heterocycles. The highest BCUT2D eigenvalue weighted by atomic mass is 32.1. The Morgan fingerprint density at radius 3 is 3.24 bits per heavy atom. The molecule has 0 radical (unpaired) electrons. The van der Waals surface area contributed by atoms with Crippen LogP contribution in [0.15, 0.2) is 28.2 Å². The van der Waals surface area contributed by atoms with E-state index >= 15 is 0 Å². The van der Waals surface area contributed by atoms with E-state index in [9.17, 15) is 4.79 Å². The first-order chi connectivity index (χ1) is 10.3. The van der Waals surface area contributed by atoms with Crippen molar-refractivity contribution in [2.45, 2.75) is 31.4 Å². The van der Waals surface area contributed by atoms with Gasteiger partial charge in [-0.3, -0.25) is 4.79 Å². The quantitative estimate of drug-likeness (QED) is 0.856. The van der Waals surface area contributed by atoms with Crippen LogP contribution in [0.5, 0.6) is 0 Å². The van der Waals surface area contributed by atoms with Gasteiger partial charge in [-0.25, -0.2) is 4.98 Å². The molecule has 0 bridgehead atoms. The first-order valence-corrected chi connectivity index (χ1v) is 8.13. The van der Waals surface area contributed by atoms with Crippen LogP contribution < -0.4 is 0 Å². The lowest BCUT2D eigenvalue weighted by atomic mass is 10.1. The maximum Gasteiger partial charge on any atom is 0.273 e. The molecule has 2 aliphatic rings. The van der Waals surface area contributed by atoms with Gasteiger partial charge in [0.25, 0.3) is 5.91 Å². The van der Waals surface area contributed by atoms with E-state index in [1.807, 2.05) is 22.4 Å². The van der Waals surface area contributed by atoms with Crippen LogP contribution in [0.3, 0.4) is 0 Å². The van der Waals surface area contributed by atoms with Crippen molar-refractivity contribution in [1.82, 2.24) is 9.88 Å². The highest BCUT2D eigenvalue weighted by Gasteiger charge is 2.39.